The molecule has 0 aliphatic heterocycles. The van der Waals surface area contributed by atoms with E-state index in [-0.39, 0.29) is 11.6 Å². The number of aryl methyl sites for hydroxylation is 1. The maximum absolute atomic E-state index is 13.7. The van der Waals surface area contributed by atoms with Gasteiger partial charge in [0.05, 0.1) is 11.7 Å². The molecule has 0 radical (unpaired) electrons. The van der Waals surface area contributed by atoms with Gasteiger partial charge in [0.25, 0.3) is 0 Å². The van der Waals surface area contributed by atoms with E-state index in [0.29, 0.717) is 5.02 Å². The van der Waals surface area contributed by atoms with Crippen molar-refractivity contribution in [1.82, 2.24) is 0 Å². The van der Waals surface area contributed by atoms with Crippen LogP contribution < -0.4 is 5.32 Å². The summed E-state index contributed by atoms with van der Waals surface area (Å²) in [4.78, 5) is 0. The fourth-order valence-corrected chi connectivity index (χ4v) is 2.65. The van der Waals surface area contributed by atoms with Gasteiger partial charge in [-0.3, -0.25) is 0 Å². The Morgan fingerprint density at radius 3 is 2.60 bits per heavy atom. The summed E-state index contributed by atoms with van der Waals surface area (Å²) in [5.41, 5.74) is 1.94. The lowest BCUT2D eigenvalue weighted by atomic mass is 10.1. The first kappa shape index (κ1) is 15.3. The number of anilines is 1. The Morgan fingerprint density at radius 2 is 1.90 bits per heavy atom. The quantitative estimate of drug-likeness (QED) is 0.722. The Hall–Kier alpha value is -1.13. The summed E-state index contributed by atoms with van der Waals surface area (Å²) >= 11 is 9.50. The third kappa shape index (κ3) is 3.30. The molecule has 1 nitrogen and oxygen atoms in total. The van der Waals surface area contributed by atoms with Crippen LogP contribution in [0.3, 0.4) is 0 Å². The average molecular weight is 361 g/mol. The highest BCUT2D eigenvalue weighted by atomic mass is 79.9. The first-order valence-electron chi connectivity index (χ1n) is 6.05. The van der Waals surface area contributed by atoms with Crippen LogP contribution in [0.5, 0.6) is 0 Å². The zero-order valence-corrected chi connectivity index (χ0v) is 13.3. The van der Waals surface area contributed by atoms with Gasteiger partial charge in [0, 0.05) is 15.1 Å². The van der Waals surface area contributed by atoms with Crippen LogP contribution >= 0.6 is 27.5 Å². The molecule has 2 rings (SSSR count). The summed E-state index contributed by atoms with van der Waals surface area (Å²) in [5.74, 6) is -0.906. The molecule has 0 heterocycles. The molecule has 0 fully saturated rings. The van der Waals surface area contributed by atoms with Gasteiger partial charge in [0.1, 0.15) is 11.6 Å². The predicted molar refractivity (Wildman–Crippen MR) is 82.3 cm³/mol. The lowest BCUT2D eigenvalue weighted by Crippen LogP contribution is -2.09. The molecule has 0 saturated heterocycles. The van der Waals surface area contributed by atoms with E-state index in [4.69, 9.17) is 11.6 Å². The Labute approximate surface area is 130 Å². The molecule has 5 heteroatoms. The fraction of sp³-hybridized carbons (Fsp3) is 0.200. The van der Waals surface area contributed by atoms with E-state index >= 15 is 0 Å². The Bertz CT molecular complexity index is 646. The molecule has 0 aromatic heterocycles. The maximum atomic E-state index is 13.7. The number of hydrogen-bond acceptors (Lipinski definition) is 1. The summed E-state index contributed by atoms with van der Waals surface area (Å²) in [6, 6.07) is 6.66. The van der Waals surface area contributed by atoms with Gasteiger partial charge in [-0.05, 0) is 65.7 Å². The molecule has 20 heavy (non-hydrogen) atoms. The van der Waals surface area contributed by atoms with Crippen molar-refractivity contribution in [2.75, 3.05) is 5.32 Å². The fourth-order valence-electron chi connectivity index (χ4n) is 1.91. The van der Waals surface area contributed by atoms with Crippen LogP contribution in [0.25, 0.3) is 0 Å². The SMILES string of the molecule is Cc1cc(Br)c(NC(C)c2cc(F)ccc2F)cc1Cl. The zero-order valence-electron chi connectivity index (χ0n) is 11.0. The number of hydrogen-bond donors (Lipinski definition) is 1. The third-order valence-electron chi connectivity index (χ3n) is 3.04. The predicted octanol–water partition coefficient (Wildman–Crippen LogP) is 5.86. The molecule has 106 valence electrons. The van der Waals surface area contributed by atoms with Crippen LogP contribution in [0.4, 0.5) is 14.5 Å². The summed E-state index contributed by atoms with van der Waals surface area (Å²) in [5, 5.41) is 3.74. The highest BCUT2D eigenvalue weighted by Gasteiger charge is 2.14. The van der Waals surface area contributed by atoms with Gasteiger partial charge >= 0.3 is 0 Å². The van der Waals surface area contributed by atoms with Crippen LogP contribution in [-0.2, 0) is 0 Å². The van der Waals surface area contributed by atoms with Gasteiger partial charge in [-0.15, -0.1) is 0 Å². The highest BCUT2D eigenvalue weighted by Crippen LogP contribution is 2.32. The third-order valence-corrected chi connectivity index (χ3v) is 4.11. The Balaban J connectivity index is 2.30. The molecule has 0 aliphatic rings. The van der Waals surface area contributed by atoms with Gasteiger partial charge in [-0.25, -0.2) is 8.78 Å². The zero-order chi connectivity index (χ0) is 14.9. The number of rotatable bonds is 3. The van der Waals surface area contributed by atoms with Gasteiger partial charge in [-0.1, -0.05) is 11.6 Å². The topological polar surface area (TPSA) is 12.0 Å². The van der Waals surface area contributed by atoms with Crippen LogP contribution in [0.15, 0.2) is 34.8 Å². The minimum atomic E-state index is -0.462. The number of benzene rings is 2. The summed E-state index contributed by atoms with van der Waals surface area (Å²) in [6.07, 6.45) is 0. The number of halogens is 4. The van der Waals surface area contributed by atoms with Crippen molar-refractivity contribution in [2.24, 2.45) is 0 Å². The van der Waals surface area contributed by atoms with E-state index in [0.717, 1.165) is 27.9 Å². The van der Waals surface area contributed by atoms with Crippen molar-refractivity contribution < 1.29 is 8.78 Å². The smallest absolute Gasteiger partial charge is 0.128 e. The highest BCUT2D eigenvalue weighted by molar-refractivity contribution is 9.10. The molecule has 1 N–H and O–H groups in total. The minimum absolute atomic E-state index is 0.272. The Morgan fingerprint density at radius 1 is 1.20 bits per heavy atom. The van der Waals surface area contributed by atoms with Gasteiger partial charge in [0.15, 0.2) is 0 Å². The molecule has 2 aromatic rings. The van der Waals surface area contributed by atoms with Gasteiger partial charge in [0.2, 0.25) is 0 Å². The van der Waals surface area contributed by atoms with Crippen molar-refractivity contribution in [3.05, 3.63) is 62.6 Å². The minimum Gasteiger partial charge on any atom is -0.377 e. The van der Waals surface area contributed by atoms with Crippen LogP contribution in [-0.4, -0.2) is 0 Å². The van der Waals surface area contributed by atoms with Crippen molar-refractivity contribution in [3.63, 3.8) is 0 Å². The van der Waals surface area contributed by atoms with E-state index in [1.165, 1.54) is 6.07 Å². The van der Waals surface area contributed by atoms with E-state index < -0.39 is 11.6 Å². The van der Waals surface area contributed by atoms with E-state index in [1.807, 2.05) is 13.0 Å². The van der Waals surface area contributed by atoms with Crippen molar-refractivity contribution in [3.8, 4) is 0 Å². The van der Waals surface area contributed by atoms with Crippen molar-refractivity contribution in [2.45, 2.75) is 19.9 Å². The van der Waals surface area contributed by atoms with Crippen molar-refractivity contribution >= 4 is 33.2 Å². The largest absolute Gasteiger partial charge is 0.377 e. The second kappa shape index (κ2) is 6.10. The first-order chi connectivity index (χ1) is 9.38. The molecule has 2 aromatic carbocycles. The molecule has 1 atom stereocenters. The standard InChI is InChI=1S/C15H13BrClF2N/c1-8-5-12(16)15(7-13(8)17)20-9(2)11-6-10(18)3-4-14(11)19/h3-7,9,20H,1-2H3. The van der Waals surface area contributed by atoms with Gasteiger partial charge in [-0.2, -0.15) is 0 Å². The second-order valence-corrected chi connectivity index (χ2v) is 5.87. The van der Waals surface area contributed by atoms with Crippen LogP contribution in [0, 0.1) is 18.6 Å². The normalized spacial score (nSPS) is 12.3. The average Bonchev–Trinajstić information content (AvgIpc) is 2.38. The summed E-state index contributed by atoms with van der Waals surface area (Å²) in [6.45, 7) is 3.66. The molecule has 0 spiro atoms. The molecule has 0 amide bonds. The monoisotopic (exact) mass is 359 g/mol. The molecule has 1 unspecified atom stereocenters. The van der Waals surface area contributed by atoms with Gasteiger partial charge < -0.3 is 5.32 Å². The van der Waals surface area contributed by atoms with E-state index in [2.05, 4.69) is 21.2 Å². The molecular formula is C15H13BrClF2N. The maximum Gasteiger partial charge on any atom is 0.128 e. The second-order valence-electron chi connectivity index (χ2n) is 4.61. The van der Waals surface area contributed by atoms with Crippen LogP contribution in [0.2, 0.25) is 5.02 Å². The van der Waals surface area contributed by atoms with E-state index in [1.54, 1.807) is 13.0 Å². The lowest BCUT2D eigenvalue weighted by Gasteiger charge is -2.18. The summed E-state index contributed by atoms with van der Waals surface area (Å²) in [7, 11) is 0. The molecular weight excluding hydrogens is 348 g/mol. The van der Waals surface area contributed by atoms with Crippen molar-refractivity contribution in [1.29, 1.82) is 0 Å². The Kier molecular flexibility index (Phi) is 4.66. The molecule has 0 saturated carbocycles. The molecule has 0 aliphatic carbocycles. The first-order valence-corrected chi connectivity index (χ1v) is 7.22. The van der Waals surface area contributed by atoms with E-state index in [9.17, 15) is 8.78 Å². The lowest BCUT2D eigenvalue weighted by molar-refractivity contribution is 0.577. The molecule has 0 bridgehead atoms. The van der Waals surface area contributed by atoms with Crippen LogP contribution in [0.1, 0.15) is 24.1 Å². The summed E-state index contributed by atoms with van der Waals surface area (Å²) < 4.78 is 27.8. The number of nitrogens with one attached hydrogen (secondary N) is 1.